The van der Waals surface area contributed by atoms with E-state index in [1.807, 2.05) is 0 Å². The third-order valence-corrected chi connectivity index (χ3v) is 9.66. The van der Waals surface area contributed by atoms with Gasteiger partial charge >= 0.3 is 5.97 Å². The van der Waals surface area contributed by atoms with Gasteiger partial charge < -0.3 is 109 Å². The minimum atomic E-state index is -2.25. The molecule has 53 heavy (non-hydrogen) atoms. The Morgan fingerprint density at radius 1 is 0.585 bits per heavy atom. The molecule has 1 unspecified atom stereocenters. The van der Waals surface area contributed by atoms with Crippen molar-refractivity contribution in [3.8, 4) is 0 Å². The highest BCUT2D eigenvalue weighted by atomic mass is 16.8. The maximum atomic E-state index is 12.5. The number of aliphatic carboxylic acids is 1. The number of fused-ring (bicyclic) bond motifs is 1. The molecule has 5 aliphatic heterocycles. The summed E-state index contributed by atoms with van der Waals surface area (Å²) in [6, 6.07) is -1.63. The van der Waals surface area contributed by atoms with Gasteiger partial charge in [-0.05, 0) is 0 Å². The highest BCUT2D eigenvalue weighted by Crippen LogP contribution is 2.40. The predicted molar refractivity (Wildman–Crippen MR) is 159 cm³/mol. The lowest BCUT2D eigenvalue weighted by Crippen LogP contribution is -2.70. The van der Waals surface area contributed by atoms with E-state index in [9.17, 15) is 70.9 Å². The molecule has 5 heterocycles. The number of aliphatic hydroxyl groups excluding tert-OH is 11. The number of carbonyl (C=O) groups is 2. The average molecular weight is 778 g/mol. The molecule has 24 nitrogen and oxygen atoms in total. The summed E-state index contributed by atoms with van der Waals surface area (Å²) in [5.41, 5.74) is 0. The number of carbonyl (C=O) groups excluding carboxylic acids is 1. The number of carboxylic acids is 1. The molecule has 306 valence electrons. The summed E-state index contributed by atoms with van der Waals surface area (Å²) in [6.45, 7) is -1.34. The van der Waals surface area contributed by atoms with Gasteiger partial charge in [0.25, 0.3) is 5.79 Å². The molecule has 5 rings (SSSR count). The zero-order valence-corrected chi connectivity index (χ0v) is 28.2. The van der Waals surface area contributed by atoms with Gasteiger partial charge in [0.2, 0.25) is 5.91 Å². The van der Waals surface area contributed by atoms with Crippen molar-refractivity contribution >= 4 is 11.9 Å². The Balaban J connectivity index is 1.40. The molecule has 0 bridgehead atoms. The quantitative estimate of drug-likeness (QED) is 0.0875. The fourth-order valence-electron chi connectivity index (χ4n) is 6.84. The van der Waals surface area contributed by atoms with E-state index in [-0.39, 0.29) is 0 Å². The van der Waals surface area contributed by atoms with Crippen LogP contribution >= 0.6 is 0 Å². The van der Waals surface area contributed by atoms with E-state index >= 15 is 0 Å². The molecule has 0 aliphatic carbocycles. The lowest BCUT2D eigenvalue weighted by atomic mass is 9.94. The molecule has 5 aliphatic rings. The van der Waals surface area contributed by atoms with Crippen LogP contribution in [0.25, 0.3) is 0 Å². The first-order valence-electron chi connectivity index (χ1n) is 16.6. The van der Waals surface area contributed by atoms with Crippen molar-refractivity contribution in [2.45, 2.75) is 142 Å². The molecular formula is C29H47NO23. The highest BCUT2D eigenvalue weighted by molar-refractivity contribution is 5.75. The number of carboxylic acid groups (broad SMARTS) is 1. The summed E-state index contributed by atoms with van der Waals surface area (Å²) in [5, 5.41) is 127. The van der Waals surface area contributed by atoms with Crippen molar-refractivity contribution in [2.24, 2.45) is 0 Å². The summed E-state index contributed by atoms with van der Waals surface area (Å²) in [7, 11) is 0. The Labute approximate surface area is 299 Å². The van der Waals surface area contributed by atoms with Crippen LogP contribution in [-0.4, -0.2) is 228 Å². The maximum absolute atomic E-state index is 12.5. The minimum absolute atomic E-state index is 0.775. The smallest absolute Gasteiger partial charge is 0.364 e. The SMILES string of the molecule is CC(=O)N[C@H]1[C@@H](O[C@H]2[C@@H](O)[C@@H](CO)O[C@@H](O[C@H]3[C@H](O)[C@@H](O)[C@H](O)O[C@@H]3CO)[C@@H]2O)O[C@H](CO)[C@H](O)[C@@H]1O[C@@H]1O[C@H](CO)[C@@H]2OC(C)(C(=O)O)O[C@@H]2[C@H]1O. The summed E-state index contributed by atoms with van der Waals surface area (Å²) < 4.78 is 50.3. The van der Waals surface area contributed by atoms with Crippen LogP contribution in [0.4, 0.5) is 0 Å². The van der Waals surface area contributed by atoms with E-state index in [0.717, 1.165) is 13.8 Å². The number of hydrogen-bond donors (Lipinski definition) is 13. The third kappa shape index (κ3) is 8.33. The predicted octanol–water partition coefficient (Wildman–Crippen LogP) is -8.74. The molecule has 0 saturated carbocycles. The molecule has 5 fully saturated rings. The molecule has 1 amide bonds. The second kappa shape index (κ2) is 17.1. The van der Waals surface area contributed by atoms with E-state index in [1.165, 1.54) is 0 Å². The van der Waals surface area contributed by atoms with Crippen molar-refractivity contribution in [3.63, 3.8) is 0 Å². The molecule has 0 aromatic heterocycles. The zero-order chi connectivity index (χ0) is 39.1. The summed E-state index contributed by atoms with van der Waals surface area (Å²) >= 11 is 0. The van der Waals surface area contributed by atoms with Crippen LogP contribution < -0.4 is 5.32 Å². The highest BCUT2D eigenvalue weighted by Gasteiger charge is 2.61. The van der Waals surface area contributed by atoms with Crippen LogP contribution in [0.1, 0.15) is 13.8 Å². The molecule has 0 radical (unpaired) electrons. The lowest BCUT2D eigenvalue weighted by Gasteiger charge is -2.50. The third-order valence-electron chi connectivity index (χ3n) is 9.66. The lowest BCUT2D eigenvalue weighted by molar-refractivity contribution is -0.378. The van der Waals surface area contributed by atoms with Crippen LogP contribution in [0.5, 0.6) is 0 Å². The first kappa shape index (κ1) is 42.3. The van der Waals surface area contributed by atoms with Crippen molar-refractivity contribution in [1.82, 2.24) is 5.32 Å². The van der Waals surface area contributed by atoms with Gasteiger partial charge in [0.1, 0.15) is 97.6 Å². The van der Waals surface area contributed by atoms with E-state index in [4.69, 9.17) is 42.6 Å². The normalized spacial score (nSPS) is 50.4. The van der Waals surface area contributed by atoms with Gasteiger partial charge in [0.05, 0.1) is 26.4 Å². The minimum Gasteiger partial charge on any atom is -0.477 e. The largest absolute Gasteiger partial charge is 0.477 e. The molecule has 0 spiro atoms. The molecule has 0 aromatic carbocycles. The number of hydrogen-bond acceptors (Lipinski definition) is 22. The van der Waals surface area contributed by atoms with Crippen LogP contribution in [0, 0.1) is 0 Å². The van der Waals surface area contributed by atoms with Gasteiger partial charge in [0.15, 0.2) is 25.2 Å². The Bertz CT molecular complexity index is 1250. The van der Waals surface area contributed by atoms with Crippen LogP contribution in [0.3, 0.4) is 0 Å². The second-order valence-electron chi connectivity index (χ2n) is 13.3. The van der Waals surface area contributed by atoms with Crippen molar-refractivity contribution in [1.29, 1.82) is 0 Å². The van der Waals surface area contributed by atoms with Gasteiger partial charge in [-0.3, -0.25) is 4.79 Å². The van der Waals surface area contributed by atoms with E-state index in [0.29, 0.717) is 0 Å². The Hall–Kier alpha value is -1.86. The van der Waals surface area contributed by atoms with Crippen LogP contribution in [-0.2, 0) is 52.2 Å². The van der Waals surface area contributed by atoms with Gasteiger partial charge in [-0.1, -0.05) is 0 Å². The number of aliphatic hydroxyl groups is 11. The summed E-state index contributed by atoms with van der Waals surface area (Å²) in [4.78, 5) is 24.2. The Morgan fingerprint density at radius 3 is 1.64 bits per heavy atom. The first-order chi connectivity index (χ1) is 25.0. The van der Waals surface area contributed by atoms with Gasteiger partial charge in [-0.15, -0.1) is 0 Å². The topological polar surface area (TPSA) is 372 Å². The number of nitrogens with one attached hydrogen (secondary N) is 1. The van der Waals surface area contributed by atoms with E-state index in [1.54, 1.807) is 0 Å². The summed E-state index contributed by atoms with van der Waals surface area (Å²) in [5.74, 6) is -4.57. The van der Waals surface area contributed by atoms with Crippen LogP contribution in [0.2, 0.25) is 0 Å². The fourth-order valence-corrected chi connectivity index (χ4v) is 6.84. The number of ether oxygens (including phenoxy) is 9. The first-order valence-corrected chi connectivity index (χ1v) is 16.6. The van der Waals surface area contributed by atoms with Crippen molar-refractivity contribution in [2.75, 3.05) is 26.4 Å². The number of amides is 1. The maximum Gasteiger partial charge on any atom is 0.364 e. The second-order valence-corrected chi connectivity index (χ2v) is 13.3. The fraction of sp³-hybridized carbons (Fsp3) is 0.931. The average Bonchev–Trinajstić information content (AvgIpc) is 3.50. The molecule has 24 heteroatoms. The zero-order valence-electron chi connectivity index (χ0n) is 28.2. The monoisotopic (exact) mass is 777 g/mol. The van der Waals surface area contributed by atoms with Gasteiger partial charge in [0, 0.05) is 13.8 Å². The molecule has 21 atom stereocenters. The summed E-state index contributed by atoms with van der Waals surface area (Å²) in [6.07, 6.45) is -32.9. The Morgan fingerprint density at radius 2 is 1.08 bits per heavy atom. The Kier molecular flexibility index (Phi) is 13.6. The molecular weight excluding hydrogens is 730 g/mol. The van der Waals surface area contributed by atoms with Gasteiger partial charge in [-0.2, -0.15) is 0 Å². The molecule has 13 N–H and O–H groups in total. The van der Waals surface area contributed by atoms with Gasteiger partial charge in [-0.25, -0.2) is 4.79 Å². The molecule has 0 aromatic rings. The standard InChI is InChI=1S/C29H47NO23/c1-7(35)30-12-21(50-27-18(41)23-20(11(6-34)48-27)52-29(2,53-23)28(43)44)13(36)8(3-31)46-25(12)51-22-14(37)9(4-32)47-26(17(22)40)49-19-10(5-33)45-24(42)16(39)15(19)38/h8-27,31-34,36-42H,3-6H2,1-2H3,(H,30,35)(H,43,44)/t8-,9-,10-,11-,12-,13+,14+,15-,16-,17-,18-,19-,20+,21-,22+,23-,24-,25-,26+,27+,29?/m1/s1. The van der Waals surface area contributed by atoms with Crippen molar-refractivity contribution < 1.29 is 113 Å². The van der Waals surface area contributed by atoms with E-state index in [2.05, 4.69) is 5.32 Å². The van der Waals surface area contributed by atoms with Crippen LogP contribution in [0.15, 0.2) is 0 Å². The molecule has 5 saturated heterocycles. The van der Waals surface area contributed by atoms with E-state index < -0.39 is 167 Å². The number of rotatable bonds is 12. The van der Waals surface area contributed by atoms with Crippen molar-refractivity contribution in [3.05, 3.63) is 0 Å².